The highest BCUT2D eigenvalue weighted by Crippen LogP contribution is 2.50. The number of aliphatic hydroxyl groups excluding tert-OH is 1. The molecule has 0 aromatic carbocycles. The molecule has 1 aliphatic carbocycles. The molecular weight excluding hydrogens is 274 g/mol. The summed E-state index contributed by atoms with van der Waals surface area (Å²) in [6.45, 7) is 9.13. The summed E-state index contributed by atoms with van der Waals surface area (Å²) >= 11 is 0. The van der Waals surface area contributed by atoms with Gasteiger partial charge in [-0.2, -0.15) is 0 Å². The predicted molar refractivity (Wildman–Crippen MR) is 87.6 cm³/mol. The van der Waals surface area contributed by atoms with Crippen LogP contribution in [0.4, 0.5) is 0 Å². The van der Waals surface area contributed by atoms with Crippen LogP contribution in [0.2, 0.25) is 0 Å². The van der Waals surface area contributed by atoms with E-state index in [1.54, 1.807) is 0 Å². The van der Waals surface area contributed by atoms with Gasteiger partial charge in [-0.1, -0.05) is 25.5 Å². The summed E-state index contributed by atoms with van der Waals surface area (Å²) in [6.07, 6.45) is 10.7. The summed E-state index contributed by atoms with van der Waals surface area (Å²) in [5, 5.41) is 10.7. The highest BCUT2D eigenvalue weighted by atomic mass is 16.5. The number of hydrogen-bond acceptors (Lipinski definition) is 3. The lowest BCUT2D eigenvalue weighted by atomic mass is 9.69. The van der Waals surface area contributed by atoms with E-state index in [-0.39, 0.29) is 17.2 Å². The van der Waals surface area contributed by atoms with E-state index in [2.05, 4.69) is 37.8 Å². The van der Waals surface area contributed by atoms with Crippen LogP contribution in [0.1, 0.15) is 52.9 Å². The molecule has 1 spiro atoms. The van der Waals surface area contributed by atoms with Crippen LogP contribution in [-0.4, -0.2) is 46.4 Å². The molecule has 1 N–H and O–H groups in total. The van der Waals surface area contributed by atoms with Gasteiger partial charge in [0.1, 0.15) is 5.60 Å². The Balaban J connectivity index is 1.52. The first-order valence-electron chi connectivity index (χ1n) is 9.21. The normalized spacial score (nSPS) is 48.6. The highest BCUT2D eigenvalue weighted by Gasteiger charge is 2.55. The molecule has 3 heteroatoms. The van der Waals surface area contributed by atoms with Crippen LogP contribution in [0.5, 0.6) is 0 Å². The van der Waals surface area contributed by atoms with Crippen LogP contribution < -0.4 is 0 Å². The summed E-state index contributed by atoms with van der Waals surface area (Å²) in [7, 11) is 0. The molecule has 3 heterocycles. The third-order valence-electron chi connectivity index (χ3n) is 7.16. The Morgan fingerprint density at radius 3 is 2.77 bits per heavy atom. The van der Waals surface area contributed by atoms with Crippen LogP contribution in [0.3, 0.4) is 0 Å². The summed E-state index contributed by atoms with van der Waals surface area (Å²) < 4.78 is 6.31. The fourth-order valence-electron chi connectivity index (χ4n) is 5.64. The lowest BCUT2D eigenvalue weighted by Gasteiger charge is -2.53. The number of piperidine rings is 1. The largest absolute Gasteiger partial charge is 0.393 e. The van der Waals surface area contributed by atoms with Crippen molar-refractivity contribution in [2.45, 2.75) is 76.2 Å². The van der Waals surface area contributed by atoms with Crippen LogP contribution in [-0.2, 0) is 4.74 Å². The first kappa shape index (κ1) is 15.2. The zero-order chi connectivity index (χ0) is 15.5. The van der Waals surface area contributed by atoms with E-state index in [0.29, 0.717) is 23.9 Å². The average Bonchev–Trinajstić information content (AvgIpc) is 3.02. The predicted octanol–water partition coefficient (Wildman–Crippen LogP) is 2.98. The first-order chi connectivity index (χ1) is 10.4. The van der Waals surface area contributed by atoms with Crippen molar-refractivity contribution in [3.05, 3.63) is 12.2 Å². The molecule has 0 aromatic rings. The Bertz CT molecular complexity index is 474. The fraction of sp³-hybridized carbons (Fsp3) is 0.895. The number of fused-ring (bicyclic) bond motifs is 1. The maximum Gasteiger partial charge on any atom is 0.103 e. The third-order valence-corrected chi connectivity index (χ3v) is 7.16. The van der Waals surface area contributed by atoms with Gasteiger partial charge in [0.2, 0.25) is 0 Å². The molecule has 3 aliphatic heterocycles. The summed E-state index contributed by atoms with van der Waals surface area (Å²) in [5.41, 5.74) is 0.0320. The molecule has 0 amide bonds. The molecule has 6 atom stereocenters. The van der Waals surface area contributed by atoms with E-state index in [9.17, 15) is 5.11 Å². The fourth-order valence-corrected chi connectivity index (χ4v) is 5.64. The number of rotatable bonds is 2. The first-order valence-corrected chi connectivity index (χ1v) is 9.21. The Kier molecular flexibility index (Phi) is 3.49. The van der Waals surface area contributed by atoms with Crippen molar-refractivity contribution < 1.29 is 9.84 Å². The second-order valence-corrected chi connectivity index (χ2v) is 8.86. The zero-order valence-electron chi connectivity index (χ0n) is 14.3. The SMILES string of the molecule is C[C@@H]1CC[C@@H](C(C)(C)N2CC[C@H]3C[C@H]4C=C[C@]3(C2)O4)[C@H](O)C1. The van der Waals surface area contributed by atoms with E-state index < -0.39 is 0 Å². The van der Waals surface area contributed by atoms with Gasteiger partial charge in [-0.3, -0.25) is 4.90 Å². The molecule has 22 heavy (non-hydrogen) atoms. The van der Waals surface area contributed by atoms with Crippen LogP contribution in [0.15, 0.2) is 12.2 Å². The maximum absolute atomic E-state index is 10.7. The molecular formula is C19H31NO2. The molecule has 4 rings (SSSR count). The number of hydrogen-bond donors (Lipinski definition) is 1. The van der Waals surface area contributed by atoms with Gasteiger partial charge >= 0.3 is 0 Å². The quantitative estimate of drug-likeness (QED) is 0.796. The maximum atomic E-state index is 10.7. The molecule has 4 aliphatic rings. The Labute approximate surface area is 134 Å². The van der Waals surface area contributed by atoms with E-state index in [4.69, 9.17) is 4.74 Å². The molecule has 124 valence electrons. The van der Waals surface area contributed by atoms with Gasteiger partial charge in [-0.25, -0.2) is 0 Å². The minimum Gasteiger partial charge on any atom is -0.393 e. The van der Waals surface area contributed by atoms with Crippen molar-refractivity contribution >= 4 is 0 Å². The van der Waals surface area contributed by atoms with Crippen LogP contribution in [0, 0.1) is 17.8 Å². The number of ether oxygens (including phenoxy) is 1. The summed E-state index contributed by atoms with van der Waals surface area (Å²) in [6, 6.07) is 0. The Morgan fingerprint density at radius 1 is 1.23 bits per heavy atom. The Morgan fingerprint density at radius 2 is 2.05 bits per heavy atom. The smallest absolute Gasteiger partial charge is 0.103 e. The summed E-state index contributed by atoms with van der Waals surface area (Å²) in [4.78, 5) is 2.62. The molecule has 2 saturated heterocycles. The van der Waals surface area contributed by atoms with E-state index >= 15 is 0 Å². The molecule has 2 bridgehead atoms. The molecule has 3 fully saturated rings. The van der Waals surface area contributed by atoms with Gasteiger partial charge in [0, 0.05) is 18.0 Å². The standard InChI is InChI=1S/C19H31NO2/c1-13-4-5-16(17(21)10-13)18(2,3)20-9-7-14-11-15-6-8-19(14,12-20)22-15/h6,8,13-17,21H,4-5,7,9-12H2,1-3H3/t13-,14+,15-,16-,17-,19-/m1/s1. The van der Waals surface area contributed by atoms with Crippen molar-refractivity contribution in [3.8, 4) is 0 Å². The minimum absolute atomic E-state index is 0.0207. The van der Waals surface area contributed by atoms with Crippen molar-refractivity contribution in [1.29, 1.82) is 0 Å². The highest BCUT2D eigenvalue weighted by molar-refractivity contribution is 5.23. The van der Waals surface area contributed by atoms with Gasteiger partial charge < -0.3 is 9.84 Å². The number of likely N-dealkylation sites (tertiary alicyclic amines) is 1. The van der Waals surface area contributed by atoms with Crippen molar-refractivity contribution in [3.63, 3.8) is 0 Å². The second-order valence-electron chi connectivity index (χ2n) is 8.86. The van der Waals surface area contributed by atoms with Gasteiger partial charge in [0.05, 0.1) is 12.2 Å². The number of aliphatic hydroxyl groups is 1. The number of nitrogens with zero attached hydrogens (tertiary/aromatic N) is 1. The minimum atomic E-state index is -0.148. The lowest BCUT2D eigenvalue weighted by Crippen LogP contribution is -2.61. The molecule has 1 saturated carbocycles. The third kappa shape index (κ3) is 2.20. The molecule has 0 aromatic heterocycles. The second kappa shape index (κ2) is 5.06. The van der Waals surface area contributed by atoms with Crippen molar-refractivity contribution in [2.24, 2.45) is 17.8 Å². The molecule has 0 unspecified atom stereocenters. The van der Waals surface area contributed by atoms with Crippen LogP contribution >= 0.6 is 0 Å². The topological polar surface area (TPSA) is 32.7 Å². The average molecular weight is 305 g/mol. The van der Waals surface area contributed by atoms with E-state index in [1.807, 2.05) is 0 Å². The summed E-state index contributed by atoms with van der Waals surface area (Å²) in [5.74, 6) is 1.77. The van der Waals surface area contributed by atoms with E-state index in [0.717, 1.165) is 25.9 Å². The Hall–Kier alpha value is -0.380. The van der Waals surface area contributed by atoms with Crippen molar-refractivity contribution in [1.82, 2.24) is 4.90 Å². The van der Waals surface area contributed by atoms with Gasteiger partial charge in [0.25, 0.3) is 0 Å². The van der Waals surface area contributed by atoms with E-state index in [1.165, 1.54) is 19.3 Å². The lowest BCUT2D eigenvalue weighted by molar-refractivity contribution is -0.101. The van der Waals surface area contributed by atoms with Gasteiger partial charge in [-0.05, 0) is 57.9 Å². The van der Waals surface area contributed by atoms with Gasteiger partial charge in [0.15, 0.2) is 0 Å². The van der Waals surface area contributed by atoms with Crippen molar-refractivity contribution in [2.75, 3.05) is 13.1 Å². The van der Waals surface area contributed by atoms with Gasteiger partial charge in [-0.15, -0.1) is 0 Å². The zero-order valence-corrected chi connectivity index (χ0v) is 14.3. The molecule has 0 radical (unpaired) electrons. The monoisotopic (exact) mass is 305 g/mol. The molecule has 3 nitrogen and oxygen atoms in total. The van der Waals surface area contributed by atoms with Crippen LogP contribution in [0.25, 0.3) is 0 Å².